The Bertz CT molecular complexity index is 418. The lowest BCUT2D eigenvalue weighted by Gasteiger charge is -2.27. The van der Waals surface area contributed by atoms with E-state index in [2.05, 4.69) is 10.3 Å². The summed E-state index contributed by atoms with van der Waals surface area (Å²) in [5, 5.41) is 14.3. The average molecular weight is 250 g/mol. The fourth-order valence-corrected chi connectivity index (χ4v) is 2.36. The Morgan fingerprint density at radius 1 is 1.56 bits per heavy atom. The van der Waals surface area contributed by atoms with Crippen molar-refractivity contribution in [3.63, 3.8) is 0 Å². The van der Waals surface area contributed by atoms with Gasteiger partial charge in [0.2, 0.25) is 5.82 Å². The van der Waals surface area contributed by atoms with Crippen molar-refractivity contribution in [2.24, 2.45) is 5.92 Å². The largest absolute Gasteiger partial charge is 0.354 e. The molecule has 98 valence electrons. The Hall–Kier alpha value is -1.69. The molecule has 1 aliphatic heterocycles. The Balaban J connectivity index is 2.08. The van der Waals surface area contributed by atoms with Crippen molar-refractivity contribution in [3.8, 4) is 0 Å². The highest BCUT2D eigenvalue weighted by molar-refractivity contribution is 5.56. The summed E-state index contributed by atoms with van der Waals surface area (Å²) in [6.45, 7) is 2.88. The van der Waals surface area contributed by atoms with E-state index in [-0.39, 0.29) is 10.6 Å². The Kier molecular flexibility index (Phi) is 4.09. The molecule has 0 bridgehead atoms. The van der Waals surface area contributed by atoms with Gasteiger partial charge in [-0.25, -0.2) is 4.98 Å². The van der Waals surface area contributed by atoms with Crippen LogP contribution < -0.4 is 10.2 Å². The molecule has 6 nitrogen and oxygen atoms in total. The van der Waals surface area contributed by atoms with Gasteiger partial charge in [-0.05, 0) is 37.9 Å². The van der Waals surface area contributed by atoms with Gasteiger partial charge in [0.1, 0.15) is 0 Å². The fraction of sp³-hybridized carbons (Fsp3) is 0.583. The molecule has 18 heavy (non-hydrogen) atoms. The predicted molar refractivity (Wildman–Crippen MR) is 69.8 cm³/mol. The third kappa shape index (κ3) is 2.95. The van der Waals surface area contributed by atoms with Gasteiger partial charge in [-0.1, -0.05) is 0 Å². The summed E-state index contributed by atoms with van der Waals surface area (Å²) in [5.41, 5.74) is 0.0777. The lowest BCUT2D eigenvalue weighted by atomic mass is 9.98. The second kappa shape index (κ2) is 5.77. The summed E-state index contributed by atoms with van der Waals surface area (Å²) in [5.74, 6) is 1.04. The van der Waals surface area contributed by atoms with E-state index in [1.807, 2.05) is 11.9 Å². The van der Waals surface area contributed by atoms with E-state index >= 15 is 0 Å². The highest BCUT2D eigenvalue weighted by Crippen LogP contribution is 2.25. The monoisotopic (exact) mass is 250 g/mol. The Morgan fingerprint density at radius 2 is 2.28 bits per heavy atom. The molecule has 0 aliphatic carbocycles. The van der Waals surface area contributed by atoms with Crippen molar-refractivity contribution >= 4 is 11.5 Å². The smallest absolute Gasteiger partial charge is 0.311 e. The number of rotatable bonds is 4. The molecule has 0 saturated carbocycles. The lowest BCUT2D eigenvalue weighted by molar-refractivity contribution is -0.384. The van der Waals surface area contributed by atoms with Crippen molar-refractivity contribution in [2.75, 3.05) is 31.6 Å². The summed E-state index contributed by atoms with van der Waals surface area (Å²) < 4.78 is 0. The van der Waals surface area contributed by atoms with E-state index in [1.165, 1.54) is 6.07 Å². The number of piperidine rings is 1. The number of aromatic nitrogens is 1. The number of hydrogen-bond acceptors (Lipinski definition) is 5. The van der Waals surface area contributed by atoms with Gasteiger partial charge in [-0.2, -0.15) is 0 Å². The zero-order valence-corrected chi connectivity index (χ0v) is 10.5. The average Bonchev–Trinajstić information content (AvgIpc) is 2.40. The van der Waals surface area contributed by atoms with Gasteiger partial charge in [0.05, 0.1) is 4.92 Å². The van der Waals surface area contributed by atoms with Crippen LogP contribution in [0.25, 0.3) is 0 Å². The van der Waals surface area contributed by atoms with E-state index in [0.29, 0.717) is 11.7 Å². The van der Waals surface area contributed by atoms with Gasteiger partial charge in [0.15, 0.2) is 0 Å². The second-order valence-electron chi connectivity index (χ2n) is 4.68. The number of nitrogens with zero attached hydrogens (tertiary/aromatic N) is 3. The zero-order chi connectivity index (χ0) is 13.0. The molecule has 6 heteroatoms. The Morgan fingerprint density at radius 3 is 2.94 bits per heavy atom. The van der Waals surface area contributed by atoms with Crippen molar-refractivity contribution in [3.05, 3.63) is 28.4 Å². The number of hydrogen-bond donors (Lipinski definition) is 1. The quantitative estimate of drug-likeness (QED) is 0.646. The number of pyridine rings is 1. The summed E-state index contributed by atoms with van der Waals surface area (Å²) >= 11 is 0. The number of nitro groups is 1. The Labute approximate surface area is 106 Å². The van der Waals surface area contributed by atoms with E-state index < -0.39 is 0 Å². The zero-order valence-electron chi connectivity index (χ0n) is 10.5. The van der Waals surface area contributed by atoms with E-state index in [1.54, 1.807) is 12.3 Å². The van der Waals surface area contributed by atoms with Crippen LogP contribution in [0, 0.1) is 16.0 Å². The molecule has 0 spiro atoms. The lowest BCUT2D eigenvalue weighted by Crippen LogP contribution is -2.35. The topological polar surface area (TPSA) is 71.3 Å². The first-order chi connectivity index (χ1) is 8.68. The van der Waals surface area contributed by atoms with Crippen LogP contribution in [0.3, 0.4) is 0 Å². The molecule has 0 radical (unpaired) electrons. The standard InChI is InChI=1S/C12H18N4O2/c1-15(9-10-4-7-13-8-5-10)12-11(16(17)18)3-2-6-14-12/h2-3,6,10,13H,4-5,7-9H2,1H3. The molecular formula is C12H18N4O2. The van der Waals surface area contributed by atoms with Crippen LogP contribution in [0.15, 0.2) is 18.3 Å². The van der Waals surface area contributed by atoms with Crippen molar-refractivity contribution < 1.29 is 4.92 Å². The van der Waals surface area contributed by atoms with Gasteiger partial charge < -0.3 is 10.2 Å². The molecule has 0 unspecified atom stereocenters. The molecule has 2 rings (SSSR count). The molecule has 2 heterocycles. The van der Waals surface area contributed by atoms with Crippen LogP contribution in [0.5, 0.6) is 0 Å². The molecule has 1 N–H and O–H groups in total. The SMILES string of the molecule is CN(CC1CCNCC1)c1ncccc1[N+](=O)[O-]. The van der Waals surface area contributed by atoms with Gasteiger partial charge in [0.25, 0.3) is 0 Å². The van der Waals surface area contributed by atoms with Crippen LogP contribution >= 0.6 is 0 Å². The van der Waals surface area contributed by atoms with Crippen LogP contribution in [-0.4, -0.2) is 36.6 Å². The summed E-state index contributed by atoms with van der Waals surface area (Å²) in [6.07, 6.45) is 3.83. The first-order valence-electron chi connectivity index (χ1n) is 6.19. The molecule has 1 saturated heterocycles. The van der Waals surface area contributed by atoms with Gasteiger partial charge in [-0.15, -0.1) is 0 Å². The maximum absolute atomic E-state index is 10.9. The molecule has 1 aromatic rings. The molecule has 0 aromatic carbocycles. The molecule has 1 aromatic heterocycles. The van der Waals surface area contributed by atoms with Gasteiger partial charge >= 0.3 is 5.69 Å². The minimum Gasteiger partial charge on any atom is -0.354 e. The number of anilines is 1. The van der Waals surface area contributed by atoms with Crippen LogP contribution in [0.2, 0.25) is 0 Å². The van der Waals surface area contributed by atoms with E-state index in [4.69, 9.17) is 0 Å². The third-order valence-electron chi connectivity index (χ3n) is 3.32. The second-order valence-corrected chi connectivity index (χ2v) is 4.68. The van der Waals surface area contributed by atoms with Crippen LogP contribution in [0.4, 0.5) is 11.5 Å². The maximum atomic E-state index is 10.9. The molecule has 0 amide bonds. The van der Waals surface area contributed by atoms with Gasteiger partial charge in [-0.3, -0.25) is 10.1 Å². The highest BCUT2D eigenvalue weighted by Gasteiger charge is 2.21. The van der Waals surface area contributed by atoms with E-state index in [9.17, 15) is 10.1 Å². The molecule has 1 fully saturated rings. The fourth-order valence-electron chi connectivity index (χ4n) is 2.36. The first-order valence-corrected chi connectivity index (χ1v) is 6.19. The van der Waals surface area contributed by atoms with Crippen LogP contribution in [0.1, 0.15) is 12.8 Å². The number of nitrogens with one attached hydrogen (secondary N) is 1. The van der Waals surface area contributed by atoms with Gasteiger partial charge in [0, 0.05) is 25.9 Å². The van der Waals surface area contributed by atoms with Crippen molar-refractivity contribution in [1.82, 2.24) is 10.3 Å². The minimum atomic E-state index is -0.374. The molecular weight excluding hydrogens is 232 g/mol. The van der Waals surface area contributed by atoms with Crippen LogP contribution in [-0.2, 0) is 0 Å². The first kappa shape index (κ1) is 12.8. The minimum absolute atomic E-state index is 0.0777. The molecule has 0 atom stereocenters. The molecule has 1 aliphatic rings. The van der Waals surface area contributed by atoms with E-state index in [0.717, 1.165) is 32.5 Å². The third-order valence-corrected chi connectivity index (χ3v) is 3.32. The summed E-state index contributed by atoms with van der Waals surface area (Å²) in [7, 11) is 1.87. The summed E-state index contributed by atoms with van der Waals surface area (Å²) in [4.78, 5) is 16.6. The van der Waals surface area contributed by atoms with Crippen molar-refractivity contribution in [1.29, 1.82) is 0 Å². The predicted octanol–water partition coefficient (Wildman–Crippen LogP) is 1.43. The maximum Gasteiger partial charge on any atom is 0.311 e. The highest BCUT2D eigenvalue weighted by atomic mass is 16.6. The summed E-state index contributed by atoms with van der Waals surface area (Å²) in [6, 6.07) is 3.10. The normalized spacial score (nSPS) is 16.5. The van der Waals surface area contributed by atoms with Crippen molar-refractivity contribution in [2.45, 2.75) is 12.8 Å².